The third kappa shape index (κ3) is 6.80. The van der Waals surface area contributed by atoms with Gasteiger partial charge in [-0.05, 0) is 48.6 Å². The fourth-order valence-electron chi connectivity index (χ4n) is 5.10. The Hall–Kier alpha value is -4.09. The van der Waals surface area contributed by atoms with Crippen molar-refractivity contribution < 1.29 is 31.9 Å². The molecule has 0 radical (unpaired) electrons. The van der Waals surface area contributed by atoms with Crippen molar-refractivity contribution in [3.8, 4) is 5.75 Å². The van der Waals surface area contributed by atoms with Gasteiger partial charge in [-0.1, -0.05) is 18.2 Å². The average Bonchev–Trinajstić information content (AvgIpc) is 3.46. The van der Waals surface area contributed by atoms with E-state index in [1.165, 1.54) is 6.20 Å². The lowest BCUT2D eigenvalue weighted by molar-refractivity contribution is -0.141. The monoisotopic (exact) mass is 571 g/mol. The highest BCUT2D eigenvalue weighted by Crippen LogP contribution is 2.35. The first-order chi connectivity index (χ1) is 19.7. The topological polar surface area (TPSA) is 92.0 Å². The molecular weight excluding hydrogens is 539 g/mol. The number of rotatable bonds is 8. The highest BCUT2D eigenvalue weighted by Gasteiger charge is 2.41. The fraction of sp³-hybridized carbons (Fsp3) is 0.448. The molecule has 0 spiro atoms. The Balaban J connectivity index is 1.17. The van der Waals surface area contributed by atoms with Gasteiger partial charge in [0.15, 0.2) is 5.69 Å². The molecule has 0 saturated carbocycles. The third-order valence-corrected chi connectivity index (χ3v) is 7.41. The molecule has 0 N–H and O–H groups in total. The van der Waals surface area contributed by atoms with Crippen LogP contribution < -0.4 is 14.5 Å². The first kappa shape index (κ1) is 28.4. The number of piperidine rings is 1. The Kier molecular flexibility index (Phi) is 8.46. The molecule has 41 heavy (non-hydrogen) atoms. The van der Waals surface area contributed by atoms with Crippen molar-refractivity contribution >= 4 is 23.5 Å². The number of halogens is 3. The van der Waals surface area contributed by atoms with Gasteiger partial charge in [0.1, 0.15) is 11.6 Å². The van der Waals surface area contributed by atoms with Crippen LogP contribution in [0.1, 0.15) is 46.6 Å². The number of benzene rings is 1. The van der Waals surface area contributed by atoms with Gasteiger partial charge in [-0.25, -0.2) is 4.98 Å². The van der Waals surface area contributed by atoms with Crippen LogP contribution in [-0.4, -0.2) is 72.9 Å². The maximum absolute atomic E-state index is 13.7. The molecule has 0 bridgehead atoms. The number of hydrogen-bond acceptors (Lipinski definition) is 8. The number of Topliss-reactive ketones (excluding diaryl/α,β-unsaturated/α-hetero) is 1. The molecule has 9 nitrogen and oxygen atoms in total. The molecule has 0 unspecified atom stereocenters. The number of pyridine rings is 1. The molecule has 1 aromatic carbocycles. The largest absolute Gasteiger partial charge is 0.497 e. The Morgan fingerprint density at radius 2 is 1.56 bits per heavy atom. The summed E-state index contributed by atoms with van der Waals surface area (Å²) in [5.41, 5.74) is 0.101. The number of piperazine rings is 1. The second kappa shape index (κ2) is 12.2. The van der Waals surface area contributed by atoms with E-state index < -0.39 is 23.4 Å². The van der Waals surface area contributed by atoms with Crippen molar-refractivity contribution in [1.82, 2.24) is 14.9 Å². The third-order valence-electron chi connectivity index (χ3n) is 7.41. The predicted octanol–water partition coefficient (Wildman–Crippen LogP) is 4.40. The molecule has 1 amide bonds. The van der Waals surface area contributed by atoms with Gasteiger partial charge >= 0.3 is 6.18 Å². The molecule has 2 fully saturated rings. The Bertz CT molecular complexity index is 1340. The summed E-state index contributed by atoms with van der Waals surface area (Å²) in [6.07, 6.45) is -0.631. The van der Waals surface area contributed by atoms with Crippen LogP contribution in [0.2, 0.25) is 0 Å². The second-order valence-electron chi connectivity index (χ2n) is 10.2. The van der Waals surface area contributed by atoms with E-state index in [1.807, 2.05) is 34.1 Å². The van der Waals surface area contributed by atoms with Gasteiger partial charge in [-0.15, -0.1) is 0 Å². The quantitative estimate of drug-likeness (QED) is 0.368. The van der Waals surface area contributed by atoms with Crippen LogP contribution in [0, 0.1) is 0 Å². The van der Waals surface area contributed by atoms with Crippen LogP contribution in [0.4, 0.5) is 25.0 Å². The van der Waals surface area contributed by atoms with E-state index in [4.69, 9.17) is 9.15 Å². The van der Waals surface area contributed by atoms with Crippen molar-refractivity contribution in [1.29, 1.82) is 0 Å². The lowest BCUT2D eigenvalue weighted by Crippen LogP contribution is -2.49. The molecule has 2 aliphatic heterocycles. The molecule has 4 heterocycles. The lowest BCUT2D eigenvalue weighted by Gasteiger charge is -2.35. The molecule has 218 valence electrons. The molecular formula is C29H32F3N5O4. The highest BCUT2D eigenvalue weighted by molar-refractivity contribution is 5.96. The van der Waals surface area contributed by atoms with E-state index in [9.17, 15) is 22.8 Å². The van der Waals surface area contributed by atoms with E-state index >= 15 is 0 Å². The second-order valence-corrected chi connectivity index (χ2v) is 10.2. The number of aromatic nitrogens is 2. The van der Waals surface area contributed by atoms with Crippen LogP contribution in [-0.2, 0) is 23.8 Å². The van der Waals surface area contributed by atoms with Crippen LogP contribution >= 0.6 is 0 Å². The SMILES string of the molecule is COc1ccc(CC(=O)N2CCN(c3ccc(CC(=O)c4oc(N5CCCCC5)nc4C(F)(F)F)cn3)CC2)cc1. The van der Waals surface area contributed by atoms with Gasteiger partial charge < -0.3 is 23.9 Å². The van der Waals surface area contributed by atoms with Gasteiger partial charge in [0, 0.05) is 51.9 Å². The minimum atomic E-state index is -4.80. The maximum Gasteiger partial charge on any atom is 0.437 e. The number of hydrogen-bond donors (Lipinski definition) is 0. The number of ether oxygens (including phenoxy) is 1. The summed E-state index contributed by atoms with van der Waals surface area (Å²) in [7, 11) is 1.60. The Morgan fingerprint density at radius 1 is 0.878 bits per heavy atom. The molecule has 2 aromatic heterocycles. The lowest BCUT2D eigenvalue weighted by atomic mass is 10.1. The van der Waals surface area contributed by atoms with Crippen LogP contribution in [0.25, 0.3) is 0 Å². The Labute approximate surface area is 235 Å². The smallest absolute Gasteiger partial charge is 0.437 e. The van der Waals surface area contributed by atoms with Crippen molar-refractivity contribution in [3.05, 3.63) is 65.2 Å². The summed E-state index contributed by atoms with van der Waals surface area (Å²) in [5.74, 6) is -0.106. The van der Waals surface area contributed by atoms with Gasteiger partial charge in [0.25, 0.3) is 6.01 Å². The number of alkyl halides is 3. The van der Waals surface area contributed by atoms with Crippen LogP contribution in [0.15, 0.2) is 47.0 Å². The number of amides is 1. The van der Waals surface area contributed by atoms with Gasteiger partial charge in [-0.2, -0.15) is 18.2 Å². The number of methoxy groups -OCH3 is 1. The number of nitrogens with zero attached hydrogens (tertiary/aromatic N) is 5. The molecule has 0 atom stereocenters. The highest BCUT2D eigenvalue weighted by atomic mass is 19.4. The molecule has 12 heteroatoms. The summed E-state index contributed by atoms with van der Waals surface area (Å²) in [5, 5.41) is 0. The zero-order valence-corrected chi connectivity index (χ0v) is 22.8. The fourth-order valence-corrected chi connectivity index (χ4v) is 5.10. The van der Waals surface area contributed by atoms with E-state index in [0.29, 0.717) is 57.1 Å². The number of ketones is 1. The minimum absolute atomic E-state index is 0.0470. The van der Waals surface area contributed by atoms with E-state index in [0.717, 1.165) is 30.6 Å². The maximum atomic E-state index is 13.7. The molecule has 5 rings (SSSR count). The van der Waals surface area contributed by atoms with Crippen LogP contribution in [0.5, 0.6) is 5.75 Å². The zero-order valence-electron chi connectivity index (χ0n) is 22.8. The van der Waals surface area contributed by atoms with E-state index in [1.54, 1.807) is 24.1 Å². The summed E-state index contributed by atoms with van der Waals surface area (Å²) < 4.78 is 51.5. The molecule has 3 aromatic rings. The summed E-state index contributed by atoms with van der Waals surface area (Å²) in [6, 6.07) is 10.7. The van der Waals surface area contributed by atoms with Crippen molar-refractivity contribution in [2.24, 2.45) is 0 Å². The summed E-state index contributed by atoms with van der Waals surface area (Å²) in [4.78, 5) is 39.2. The van der Waals surface area contributed by atoms with Gasteiger partial charge in [0.2, 0.25) is 17.5 Å². The first-order valence-corrected chi connectivity index (χ1v) is 13.7. The van der Waals surface area contributed by atoms with Gasteiger partial charge in [0.05, 0.1) is 13.5 Å². The molecule has 2 saturated heterocycles. The van der Waals surface area contributed by atoms with Crippen molar-refractivity contribution in [3.63, 3.8) is 0 Å². The van der Waals surface area contributed by atoms with Crippen LogP contribution in [0.3, 0.4) is 0 Å². The number of carbonyl (C=O) groups is 2. The number of carbonyl (C=O) groups excluding carboxylic acids is 2. The Morgan fingerprint density at radius 3 is 2.17 bits per heavy atom. The number of oxazole rings is 1. The van der Waals surface area contributed by atoms with Crippen molar-refractivity contribution in [2.75, 3.05) is 56.2 Å². The van der Waals surface area contributed by atoms with E-state index in [-0.39, 0.29) is 18.3 Å². The standard InChI is InChI=1S/C29H32F3N5O4/c1-40-22-8-5-20(6-9-22)18-25(39)36-15-13-35(14-16-36)24-10-7-21(19-33-24)17-23(38)26-27(29(30,31)32)34-28(41-26)37-11-3-2-4-12-37/h5-10,19H,2-4,11-18H2,1H3. The average molecular weight is 572 g/mol. The molecule has 2 aliphatic rings. The number of anilines is 2. The predicted molar refractivity (Wildman–Crippen MR) is 145 cm³/mol. The van der Waals surface area contributed by atoms with E-state index in [2.05, 4.69) is 9.97 Å². The normalized spacial score (nSPS) is 16.1. The summed E-state index contributed by atoms with van der Waals surface area (Å²) in [6.45, 7) is 3.35. The van der Waals surface area contributed by atoms with Crippen molar-refractivity contribution in [2.45, 2.75) is 38.3 Å². The zero-order chi connectivity index (χ0) is 29.0. The minimum Gasteiger partial charge on any atom is -0.497 e. The first-order valence-electron chi connectivity index (χ1n) is 13.7. The summed E-state index contributed by atoms with van der Waals surface area (Å²) >= 11 is 0. The van der Waals surface area contributed by atoms with Gasteiger partial charge in [-0.3, -0.25) is 9.59 Å². The molecule has 0 aliphatic carbocycles.